The summed E-state index contributed by atoms with van der Waals surface area (Å²) in [6, 6.07) is 10.9. The summed E-state index contributed by atoms with van der Waals surface area (Å²) >= 11 is 0. The summed E-state index contributed by atoms with van der Waals surface area (Å²) in [7, 11) is 0. The lowest BCUT2D eigenvalue weighted by atomic mass is 10.2. The number of carbonyl (C=O) groups is 1. The van der Waals surface area contributed by atoms with Crippen LogP contribution in [0.4, 0.5) is 4.79 Å². The number of hydrogen-bond donors (Lipinski definition) is 2. The third-order valence-electron chi connectivity index (χ3n) is 2.16. The Morgan fingerprint density at radius 3 is 2.76 bits per heavy atom. The normalized spacial score (nSPS) is 11.3. The number of nitrogens with two attached hydrogens (primary N) is 1. The highest BCUT2D eigenvalue weighted by Gasteiger charge is 2.10. The van der Waals surface area contributed by atoms with E-state index in [4.69, 9.17) is 15.7 Å². The summed E-state index contributed by atoms with van der Waals surface area (Å²) in [6.45, 7) is 0.421. The molecule has 0 bridgehead atoms. The van der Waals surface area contributed by atoms with E-state index in [2.05, 4.69) is 5.32 Å². The number of rotatable bonds is 5. The van der Waals surface area contributed by atoms with Gasteiger partial charge >= 0.3 is 6.09 Å². The first-order chi connectivity index (χ1) is 8.26. The van der Waals surface area contributed by atoms with Gasteiger partial charge < -0.3 is 15.8 Å². The predicted molar refractivity (Wildman–Crippen MR) is 62.8 cm³/mol. The highest BCUT2D eigenvalue weighted by atomic mass is 16.5. The lowest BCUT2D eigenvalue weighted by molar-refractivity contribution is 0.136. The summed E-state index contributed by atoms with van der Waals surface area (Å²) in [4.78, 5) is 11.4. The minimum absolute atomic E-state index is 0.178. The Morgan fingerprint density at radius 2 is 2.18 bits per heavy atom. The zero-order valence-corrected chi connectivity index (χ0v) is 9.43. The number of carbonyl (C=O) groups excluding carboxylic acids is 1. The summed E-state index contributed by atoms with van der Waals surface area (Å²) in [5, 5.41) is 11.0. The third kappa shape index (κ3) is 5.00. The van der Waals surface area contributed by atoms with E-state index in [9.17, 15) is 4.79 Å². The Labute approximate surface area is 100 Å². The molecule has 90 valence electrons. The molecule has 0 heterocycles. The van der Waals surface area contributed by atoms with E-state index in [0.717, 1.165) is 5.56 Å². The molecule has 3 N–H and O–H groups in total. The van der Waals surface area contributed by atoms with Gasteiger partial charge in [0.05, 0.1) is 18.5 Å². The Bertz CT molecular complexity index is 386. The molecule has 0 saturated heterocycles. The smallest absolute Gasteiger partial charge is 0.407 e. The van der Waals surface area contributed by atoms with Gasteiger partial charge in [0.2, 0.25) is 0 Å². The van der Waals surface area contributed by atoms with Gasteiger partial charge in [-0.05, 0) is 5.56 Å². The first-order valence-corrected chi connectivity index (χ1v) is 5.30. The van der Waals surface area contributed by atoms with Gasteiger partial charge in [0, 0.05) is 6.54 Å². The van der Waals surface area contributed by atoms with Crippen molar-refractivity contribution in [3.63, 3.8) is 0 Å². The van der Waals surface area contributed by atoms with Crippen molar-refractivity contribution >= 4 is 6.09 Å². The Hall–Kier alpha value is -2.06. The van der Waals surface area contributed by atoms with Crippen molar-refractivity contribution in [2.24, 2.45) is 5.73 Å². The van der Waals surface area contributed by atoms with Gasteiger partial charge in [-0.15, -0.1) is 0 Å². The van der Waals surface area contributed by atoms with E-state index in [1.165, 1.54) is 0 Å². The average molecular weight is 233 g/mol. The van der Waals surface area contributed by atoms with Gasteiger partial charge in [0.25, 0.3) is 0 Å². The second-order valence-electron chi connectivity index (χ2n) is 3.50. The Kier molecular flexibility index (Phi) is 5.55. The number of nitrogens with one attached hydrogen (secondary N) is 1. The molecule has 0 aromatic heterocycles. The molecule has 1 rings (SSSR count). The second-order valence-corrected chi connectivity index (χ2v) is 3.50. The zero-order chi connectivity index (χ0) is 12.5. The van der Waals surface area contributed by atoms with Gasteiger partial charge in [0.15, 0.2) is 0 Å². The van der Waals surface area contributed by atoms with Crippen LogP contribution >= 0.6 is 0 Å². The number of ether oxygens (including phenoxy) is 1. The average Bonchev–Trinajstić information content (AvgIpc) is 2.37. The monoisotopic (exact) mass is 233 g/mol. The molecule has 0 saturated carbocycles. The fourth-order valence-corrected chi connectivity index (χ4v) is 1.23. The minimum Gasteiger partial charge on any atom is -0.445 e. The van der Waals surface area contributed by atoms with Crippen LogP contribution in [0.3, 0.4) is 0 Å². The molecular formula is C12H15N3O2. The fraction of sp³-hybridized carbons (Fsp3) is 0.333. The van der Waals surface area contributed by atoms with E-state index in [1.807, 2.05) is 36.4 Å². The minimum atomic E-state index is -0.556. The molecule has 1 aromatic carbocycles. The van der Waals surface area contributed by atoms with Gasteiger partial charge in [-0.1, -0.05) is 30.3 Å². The van der Waals surface area contributed by atoms with E-state index >= 15 is 0 Å². The number of hydrogen-bond acceptors (Lipinski definition) is 4. The van der Waals surface area contributed by atoms with Crippen molar-refractivity contribution in [1.82, 2.24) is 5.32 Å². The molecule has 1 aromatic rings. The maximum Gasteiger partial charge on any atom is 0.407 e. The maximum absolute atomic E-state index is 11.4. The standard InChI is InChI=1S/C12H15N3O2/c13-7-6-11(8-14)15-12(16)17-9-10-4-2-1-3-5-10/h1-5,11H,6,8-9,14H2,(H,15,16). The number of amides is 1. The van der Waals surface area contributed by atoms with Crippen LogP contribution in [-0.4, -0.2) is 18.7 Å². The zero-order valence-electron chi connectivity index (χ0n) is 9.43. The first kappa shape index (κ1) is 13.0. The van der Waals surface area contributed by atoms with Crippen molar-refractivity contribution in [3.05, 3.63) is 35.9 Å². The third-order valence-corrected chi connectivity index (χ3v) is 2.16. The Morgan fingerprint density at radius 1 is 1.47 bits per heavy atom. The van der Waals surface area contributed by atoms with Gasteiger partial charge in [-0.25, -0.2) is 4.79 Å². The molecular weight excluding hydrogens is 218 g/mol. The number of alkyl carbamates (subject to hydrolysis) is 1. The highest BCUT2D eigenvalue weighted by Crippen LogP contribution is 2.00. The van der Waals surface area contributed by atoms with Crippen molar-refractivity contribution in [2.75, 3.05) is 6.54 Å². The summed E-state index contributed by atoms with van der Waals surface area (Å²) < 4.78 is 4.99. The molecule has 0 aliphatic heterocycles. The fourth-order valence-electron chi connectivity index (χ4n) is 1.23. The molecule has 5 heteroatoms. The van der Waals surface area contributed by atoms with Crippen LogP contribution in [0.25, 0.3) is 0 Å². The van der Waals surface area contributed by atoms with Gasteiger partial charge in [0.1, 0.15) is 6.61 Å². The molecule has 1 unspecified atom stereocenters. The molecule has 0 spiro atoms. The number of nitriles is 1. The van der Waals surface area contributed by atoms with E-state index in [-0.39, 0.29) is 25.6 Å². The maximum atomic E-state index is 11.4. The van der Waals surface area contributed by atoms with Crippen LogP contribution in [0.1, 0.15) is 12.0 Å². The Balaban J connectivity index is 2.33. The quantitative estimate of drug-likeness (QED) is 0.798. The highest BCUT2D eigenvalue weighted by molar-refractivity contribution is 5.67. The van der Waals surface area contributed by atoms with E-state index in [1.54, 1.807) is 0 Å². The molecule has 0 aliphatic rings. The SMILES string of the molecule is N#CCC(CN)NC(=O)OCc1ccccc1. The van der Waals surface area contributed by atoms with Crippen LogP contribution in [0.2, 0.25) is 0 Å². The topological polar surface area (TPSA) is 88.1 Å². The molecule has 0 aliphatic carbocycles. The summed E-state index contributed by atoms with van der Waals surface area (Å²) in [5.74, 6) is 0. The van der Waals surface area contributed by atoms with Crippen molar-refractivity contribution < 1.29 is 9.53 Å². The number of nitrogens with zero attached hydrogens (tertiary/aromatic N) is 1. The van der Waals surface area contributed by atoms with E-state index < -0.39 is 6.09 Å². The number of benzene rings is 1. The molecule has 1 amide bonds. The molecule has 1 atom stereocenters. The van der Waals surface area contributed by atoms with E-state index in [0.29, 0.717) is 0 Å². The first-order valence-electron chi connectivity index (χ1n) is 5.30. The second kappa shape index (κ2) is 7.25. The van der Waals surface area contributed by atoms with Crippen molar-refractivity contribution in [3.8, 4) is 6.07 Å². The van der Waals surface area contributed by atoms with Crippen LogP contribution < -0.4 is 11.1 Å². The van der Waals surface area contributed by atoms with Gasteiger partial charge in [-0.2, -0.15) is 5.26 Å². The summed E-state index contributed by atoms with van der Waals surface area (Å²) in [6.07, 6.45) is -0.378. The lowest BCUT2D eigenvalue weighted by Gasteiger charge is -2.13. The largest absolute Gasteiger partial charge is 0.445 e. The molecule has 0 radical (unpaired) electrons. The van der Waals surface area contributed by atoms with Crippen molar-refractivity contribution in [2.45, 2.75) is 19.1 Å². The van der Waals surface area contributed by atoms with Crippen LogP contribution in [-0.2, 0) is 11.3 Å². The molecule has 0 fully saturated rings. The van der Waals surface area contributed by atoms with Crippen LogP contribution in [0, 0.1) is 11.3 Å². The lowest BCUT2D eigenvalue weighted by Crippen LogP contribution is -2.40. The predicted octanol–water partition coefficient (Wildman–Crippen LogP) is 1.15. The molecule has 17 heavy (non-hydrogen) atoms. The van der Waals surface area contributed by atoms with Gasteiger partial charge in [-0.3, -0.25) is 0 Å². The molecule has 5 nitrogen and oxygen atoms in total. The van der Waals surface area contributed by atoms with Crippen LogP contribution in [0.5, 0.6) is 0 Å². The van der Waals surface area contributed by atoms with Crippen LogP contribution in [0.15, 0.2) is 30.3 Å². The van der Waals surface area contributed by atoms with Crippen molar-refractivity contribution in [1.29, 1.82) is 5.26 Å². The summed E-state index contributed by atoms with van der Waals surface area (Å²) in [5.41, 5.74) is 6.30.